The molecule has 0 radical (unpaired) electrons. The second-order valence-electron chi connectivity index (χ2n) is 10.6. The standard InChI is InChI=1S/C32H52NO6P/c1-3-4-5-6-7-8-9-10-11-12-13-14-15-19-25-37-28-32(36-2)29-38-40(34,35)39-31-22-20-21-30(26-31)27-33-23-17-16-18-24-33/h16-18,20-24,26,32H,3-15,19,25,27-29H2,1-2H3. The summed E-state index contributed by atoms with van der Waals surface area (Å²) < 4.78 is 35.7. The van der Waals surface area contributed by atoms with Crippen LogP contribution in [0.5, 0.6) is 5.75 Å². The number of benzene rings is 1. The van der Waals surface area contributed by atoms with Crippen molar-refractivity contribution in [3.8, 4) is 5.75 Å². The zero-order chi connectivity index (χ0) is 28.7. The zero-order valence-electron chi connectivity index (χ0n) is 24.8. The van der Waals surface area contributed by atoms with E-state index in [4.69, 9.17) is 18.5 Å². The van der Waals surface area contributed by atoms with Crippen LogP contribution >= 0.6 is 7.82 Å². The van der Waals surface area contributed by atoms with Gasteiger partial charge in [-0.3, -0.25) is 4.57 Å². The van der Waals surface area contributed by atoms with Crippen molar-refractivity contribution >= 4 is 7.82 Å². The Balaban J connectivity index is 1.50. The van der Waals surface area contributed by atoms with Crippen molar-refractivity contribution in [2.24, 2.45) is 0 Å². The number of hydrogen-bond acceptors (Lipinski definition) is 6. The first-order valence-electron chi connectivity index (χ1n) is 15.3. The second kappa shape index (κ2) is 21.9. The summed E-state index contributed by atoms with van der Waals surface area (Å²) in [7, 11) is -3.03. The average Bonchev–Trinajstić information content (AvgIpc) is 2.95. The summed E-state index contributed by atoms with van der Waals surface area (Å²) in [5.74, 6) is 0.218. The van der Waals surface area contributed by atoms with Gasteiger partial charge in [0.05, 0.1) is 13.2 Å². The van der Waals surface area contributed by atoms with Gasteiger partial charge in [0.2, 0.25) is 0 Å². The minimum atomic E-state index is -4.55. The molecule has 2 atom stereocenters. The predicted octanol–water partition coefficient (Wildman–Crippen LogP) is 7.40. The fourth-order valence-electron chi connectivity index (χ4n) is 4.58. The smallest absolute Gasteiger partial charge is 0.319 e. The van der Waals surface area contributed by atoms with Gasteiger partial charge in [-0.15, -0.1) is 0 Å². The lowest BCUT2D eigenvalue weighted by Gasteiger charge is -2.25. The molecule has 0 aliphatic heterocycles. The van der Waals surface area contributed by atoms with E-state index in [9.17, 15) is 9.46 Å². The number of ether oxygens (including phenoxy) is 2. The molecule has 0 N–H and O–H groups in total. The quantitative estimate of drug-likeness (QED) is 0.0695. The molecule has 2 rings (SSSR count). The summed E-state index contributed by atoms with van der Waals surface area (Å²) in [5, 5.41) is 0. The number of phosphoric ester groups is 1. The minimum Gasteiger partial charge on any atom is -0.746 e. The summed E-state index contributed by atoms with van der Waals surface area (Å²) >= 11 is 0. The Morgan fingerprint density at radius 2 is 1.40 bits per heavy atom. The van der Waals surface area contributed by atoms with Crippen LogP contribution < -0.4 is 14.0 Å². The maximum absolute atomic E-state index is 12.4. The SMILES string of the molecule is CCCCCCCCCCCCCCCCOCC(COP(=O)([O-])Oc1cccc(C[n+]2ccccc2)c1)OC. The molecule has 0 aliphatic carbocycles. The van der Waals surface area contributed by atoms with Crippen LogP contribution in [0.25, 0.3) is 0 Å². The van der Waals surface area contributed by atoms with Crippen LogP contribution in [-0.2, 0) is 25.1 Å². The normalized spacial score (nSPS) is 13.7. The van der Waals surface area contributed by atoms with Crippen LogP contribution in [0.2, 0.25) is 0 Å². The Morgan fingerprint density at radius 3 is 2.00 bits per heavy atom. The lowest BCUT2D eigenvalue weighted by atomic mass is 10.0. The third-order valence-electron chi connectivity index (χ3n) is 6.96. The number of phosphoric acid groups is 1. The van der Waals surface area contributed by atoms with Gasteiger partial charge < -0.3 is 23.4 Å². The highest BCUT2D eigenvalue weighted by Crippen LogP contribution is 2.39. The first-order chi connectivity index (χ1) is 19.5. The largest absolute Gasteiger partial charge is 0.746 e. The number of methoxy groups -OCH3 is 1. The molecule has 0 amide bonds. The number of aromatic nitrogens is 1. The molecule has 40 heavy (non-hydrogen) atoms. The molecule has 1 heterocycles. The molecule has 2 aromatic rings. The highest BCUT2D eigenvalue weighted by molar-refractivity contribution is 7.46. The van der Waals surface area contributed by atoms with Gasteiger partial charge in [0.1, 0.15) is 11.9 Å². The van der Waals surface area contributed by atoms with Crippen LogP contribution in [0.1, 0.15) is 102 Å². The first kappa shape index (κ1) is 34.4. The first-order valence-corrected chi connectivity index (χ1v) is 16.8. The molecule has 0 bridgehead atoms. The van der Waals surface area contributed by atoms with Crippen molar-refractivity contribution in [1.82, 2.24) is 0 Å². The molecule has 2 unspecified atom stereocenters. The number of hydrogen-bond donors (Lipinski definition) is 0. The molecule has 1 aromatic carbocycles. The van der Waals surface area contributed by atoms with Crippen molar-refractivity contribution in [2.75, 3.05) is 26.9 Å². The summed E-state index contributed by atoms with van der Waals surface area (Å²) in [5.41, 5.74) is 0.917. The van der Waals surface area contributed by atoms with Crippen LogP contribution in [0.15, 0.2) is 54.9 Å². The second-order valence-corrected chi connectivity index (χ2v) is 11.9. The van der Waals surface area contributed by atoms with E-state index >= 15 is 0 Å². The topological polar surface area (TPSA) is 80.9 Å². The van der Waals surface area contributed by atoms with Crippen molar-refractivity contribution in [2.45, 2.75) is 109 Å². The van der Waals surface area contributed by atoms with E-state index in [2.05, 4.69) is 6.92 Å². The van der Waals surface area contributed by atoms with E-state index < -0.39 is 13.9 Å². The number of rotatable bonds is 25. The predicted molar refractivity (Wildman–Crippen MR) is 158 cm³/mol. The number of unbranched alkanes of at least 4 members (excludes halogenated alkanes) is 13. The molecule has 0 fully saturated rings. The Labute approximate surface area is 242 Å². The van der Waals surface area contributed by atoms with Crippen molar-refractivity contribution < 1.29 is 32.5 Å². The molecule has 7 nitrogen and oxygen atoms in total. The molecule has 8 heteroatoms. The third-order valence-corrected chi connectivity index (χ3v) is 7.86. The highest BCUT2D eigenvalue weighted by atomic mass is 31.2. The summed E-state index contributed by atoms with van der Waals surface area (Å²) in [6, 6.07) is 12.8. The molecular formula is C32H52NO6P. The molecule has 0 saturated carbocycles. The van der Waals surface area contributed by atoms with Gasteiger partial charge in [0.25, 0.3) is 0 Å². The third kappa shape index (κ3) is 17.1. The Kier molecular flexibility index (Phi) is 18.9. The lowest BCUT2D eigenvalue weighted by Crippen LogP contribution is -2.32. The molecule has 0 saturated heterocycles. The molecule has 226 valence electrons. The van der Waals surface area contributed by atoms with E-state index in [0.717, 1.165) is 18.4 Å². The van der Waals surface area contributed by atoms with E-state index in [1.165, 1.54) is 84.2 Å². The summed E-state index contributed by atoms with van der Waals surface area (Å²) in [6.45, 7) is 3.62. The summed E-state index contributed by atoms with van der Waals surface area (Å²) in [6.07, 6.45) is 21.8. The Morgan fingerprint density at radius 1 is 0.800 bits per heavy atom. The van der Waals surface area contributed by atoms with E-state index in [0.29, 0.717) is 13.2 Å². The van der Waals surface area contributed by atoms with Gasteiger partial charge in [0, 0.05) is 31.4 Å². The minimum absolute atomic E-state index is 0.157. The molecule has 1 aromatic heterocycles. The maximum atomic E-state index is 12.4. The Bertz CT molecular complexity index is 929. The molecule has 0 spiro atoms. The van der Waals surface area contributed by atoms with Crippen molar-refractivity contribution in [3.05, 3.63) is 60.4 Å². The van der Waals surface area contributed by atoms with E-state index in [1.807, 2.05) is 41.2 Å². The fraction of sp³-hybridized carbons (Fsp3) is 0.656. The van der Waals surface area contributed by atoms with E-state index in [1.54, 1.807) is 18.2 Å². The van der Waals surface area contributed by atoms with Crippen molar-refractivity contribution in [1.29, 1.82) is 0 Å². The van der Waals surface area contributed by atoms with Crippen LogP contribution in [0.4, 0.5) is 0 Å². The monoisotopic (exact) mass is 577 g/mol. The lowest BCUT2D eigenvalue weighted by molar-refractivity contribution is -0.688. The van der Waals surface area contributed by atoms with Gasteiger partial charge >= 0.3 is 7.82 Å². The van der Waals surface area contributed by atoms with Crippen molar-refractivity contribution in [3.63, 3.8) is 0 Å². The number of nitrogens with zero attached hydrogens (tertiary/aromatic N) is 1. The van der Waals surface area contributed by atoms with Crippen LogP contribution in [0.3, 0.4) is 0 Å². The summed E-state index contributed by atoms with van der Waals surface area (Å²) in [4.78, 5) is 12.4. The van der Waals surface area contributed by atoms with Gasteiger partial charge in [-0.1, -0.05) is 109 Å². The average molecular weight is 578 g/mol. The number of pyridine rings is 1. The maximum Gasteiger partial charge on any atom is 0.319 e. The van der Waals surface area contributed by atoms with Gasteiger partial charge in [-0.25, -0.2) is 4.57 Å². The van der Waals surface area contributed by atoms with Gasteiger partial charge in [0.15, 0.2) is 18.9 Å². The highest BCUT2D eigenvalue weighted by Gasteiger charge is 2.17. The van der Waals surface area contributed by atoms with Crippen LogP contribution in [-0.4, -0.2) is 33.0 Å². The Hall–Kier alpha value is -1.76. The molecule has 0 aliphatic rings. The van der Waals surface area contributed by atoms with Crippen LogP contribution in [0, 0.1) is 0 Å². The van der Waals surface area contributed by atoms with Gasteiger partial charge in [-0.2, -0.15) is 0 Å². The molecular weight excluding hydrogens is 525 g/mol. The zero-order valence-corrected chi connectivity index (χ0v) is 25.7. The van der Waals surface area contributed by atoms with Gasteiger partial charge in [-0.05, 0) is 18.6 Å². The fourth-order valence-corrected chi connectivity index (χ4v) is 5.35. The van der Waals surface area contributed by atoms with E-state index in [-0.39, 0.29) is 19.0 Å².